The molecule has 0 aromatic heterocycles. The van der Waals surface area contributed by atoms with Crippen molar-refractivity contribution in [3.05, 3.63) is 29.8 Å². The van der Waals surface area contributed by atoms with Crippen LogP contribution in [0.1, 0.15) is 36.0 Å². The predicted molar refractivity (Wildman–Crippen MR) is 91.5 cm³/mol. The summed E-state index contributed by atoms with van der Waals surface area (Å²) >= 11 is 0. The second-order valence-corrected chi connectivity index (χ2v) is 8.82. The van der Waals surface area contributed by atoms with Crippen LogP contribution in [0.4, 0.5) is 5.69 Å². The molecule has 0 amide bonds. The van der Waals surface area contributed by atoms with Gasteiger partial charge in [-0.15, -0.1) is 0 Å². The Hall–Kier alpha value is -1.20. The number of carbonyl (C=O) groups excluding carboxylic acids is 1. The Balaban J connectivity index is 1.45. The van der Waals surface area contributed by atoms with E-state index in [2.05, 4.69) is 4.90 Å². The highest BCUT2D eigenvalue weighted by Gasteiger charge is 2.42. The topological polar surface area (TPSA) is 46.6 Å². The molecule has 2 atom stereocenters. The van der Waals surface area contributed by atoms with E-state index in [0.29, 0.717) is 0 Å². The first-order valence-corrected chi connectivity index (χ1v) is 9.86. The molecule has 3 aliphatic rings. The SMILES string of the molecule is O=C(c1ccc(N2CCOCC2)cc1)C1CC2CCC(C1)S2=O. The lowest BCUT2D eigenvalue weighted by molar-refractivity contribution is 0.0906. The Morgan fingerprint density at radius 1 is 1.04 bits per heavy atom. The quantitative estimate of drug-likeness (QED) is 0.797. The molecule has 3 aliphatic heterocycles. The molecule has 3 fully saturated rings. The molecule has 0 saturated carbocycles. The minimum absolute atomic E-state index is 0.0689. The van der Waals surface area contributed by atoms with Gasteiger partial charge in [0.2, 0.25) is 0 Å². The van der Waals surface area contributed by atoms with E-state index in [4.69, 9.17) is 4.74 Å². The third-order valence-electron chi connectivity index (χ3n) is 5.46. The minimum atomic E-state index is -0.690. The van der Waals surface area contributed by atoms with Crippen molar-refractivity contribution in [3.63, 3.8) is 0 Å². The molecule has 4 nitrogen and oxygen atoms in total. The summed E-state index contributed by atoms with van der Waals surface area (Å²) in [6.07, 6.45) is 3.70. The number of ketones is 1. The van der Waals surface area contributed by atoms with Gasteiger partial charge in [-0.1, -0.05) is 0 Å². The molecule has 4 rings (SSSR count). The van der Waals surface area contributed by atoms with E-state index in [1.54, 1.807) is 0 Å². The van der Waals surface area contributed by atoms with Crippen LogP contribution in [0.15, 0.2) is 24.3 Å². The fourth-order valence-corrected chi connectivity index (χ4v) is 6.27. The number of morpholine rings is 1. The first-order valence-electron chi connectivity index (χ1n) is 8.59. The molecule has 2 bridgehead atoms. The maximum absolute atomic E-state index is 12.8. The smallest absolute Gasteiger partial charge is 0.166 e. The van der Waals surface area contributed by atoms with Gasteiger partial charge in [0.15, 0.2) is 5.78 Å². The van der Waals surface area contributed by atoms with Gasteiger partial charge in [-0.25, -0.2) is 0 Å². The van der Waals surface area contributed by atoms with Gasteiger partial charge in [0, 0.05) is 51.6 Å². The average molecular weight is 333 g/mol. The maximum Gasteiger partial charge on any atom is 0.166 e. The lowest BCUT2D eigenvalue weighted by atomic mass is 9.90. The molecule has 0 spiro atoms. The molecule has 5 heteroatoms. The van der Waals surface area contributed by atoms with Crippen LogP contribution in [0.25, 0.3) is 0 Å². The third kappa shape index (κ3) is 2.96. The summed E-state index contributed by atoms with van der Waals surface area (Å²) < 4.78 is 17.5. The molecule has 3 heterocycles. The van der Waals surface area contributed by atoms with Gasteiger partial charge in [0.1, 0.15) is 0 Å². The zero-order chi connectivity index (χ0) is 15.8. The number of nitrogens with zero attached hydrogens (tertiary/aromatic N) is 1. The summed E-state index contributed by atoms with van der Waals surface area (Å²) in [5.74, 6) is 0.312. The van der Waals surface area contributed by atoms with Crippen LogP contribution in [0, 0.1) is 5.92 Å². The van der Waals surface area contributed by atoms with Gasteiger partial charge in [-0.2, -0.15) is 0 Å². The zero-order valence-electron chi connectivity index (χ0n) is 13.3. The van der Waals surface area contributed by atoms with Crippen molar-refractivity contribution >= 4 is 22.3 Å². The van der Waals surface area contributed by atoms with Crippen molar-refractivity contribution in [3.8, 4) is 0 Å². The molecular formula is C18H23NO3S. The van der Waals surface area contributed by atoms with Crippen LogP contribution in [-0.4, -0.2) is 46.8 Å². The number of carbonyl (C=O) groups is 1. The van der Waals surface area contributed by atoms with Crippen LogP contribution >= 0.6 is 0 Å². The van der Waals surface area contributed by atoms with Crippen LogP contribution < -0.4 is 4.90 Å². The monoisotopic (exact) mass is 333 g/mol. The molecule has 124 valence electrons. The van der Waals surface area contributed by atoms with Crippen molar-refractivity contribution in [1.82, 2.24) is 0 Å². The number of fused-ring (bicyclic) bond motifs is 2. The first kappa shape index (κ1) is 15.3. The fraction of sp³-hybridized carbons (Fsp3) is 0.611. The second-order valence-electron chi connectivity index (χ2n) is 6.83. The van der Waals surface area contributed by atoms with Crippen molar-refractivity contribution in [1.29, 1.82) is 0 Å². The minimum Gasteiger partial charge on any atom is -0.378 e. The first-order chi connectivity index (χ1) is 11.2. The normalized spacial score (nSPS) is 33.7. The lowest BCUT2D eigenvalue weighted by Crippen LogP contribution is -2.36. The molecule has 1 aromatic carbocycles. The second kappa shape index (κ2) is 6.36. The van der Waals surface area contributed by atoms with Crippen LogP contribution in [0.2, 0.25) is 0 Å². The van der Waals surface area contributed by atoms with E-state index in [1.165, 1.54) is 0 Å². The largest absolute Gasteiger partial charge is 0.378 e. The van der Waals surface area contributed by atoms with Crippen LogP contribution in [0.5, 0.6) is 0 Å². The highest BCUT2D eigenvalue weighted by Crippen LogP contribution is 2.39. The number of hydrogen-bond donors (Lipinski definition) is 0. The van der Waals surface area contributed by atoms with E-state index < -0.39 is 10.8 Å². The molecular weight excluding hydrogens is 310 g/mol. The number of Topliss-reactive ketones (excluding diaryl/α,β-unsaturated/α-hetero) is 1. The maximum atomic E-state index is 12.8. The highest BCUT2D eigenvalue weighted by molar-refractivity contribution is 7.86. The lowest BCUT2D eigenvalue weighted by Gasteiger charge is -2.29. The summed E-state index contributed by atoms with van der Waals surface area (Å²) in [6, 6.07) is 8.02. The Morgan fingerprint density at radius 2 is 1.65 bits per heavy atom. The number of anilines is 1. The zero-order valence-corrected chi connectivity index (χ0v) is 14.1. The van der Waals surface area contributed by atoms with Gasteiger partial charge in [0.25, 0.3) is 0 Å². The van der Waals surface area contributed by atoms with Crippen molar-refractivity contribution in [2.75, 3.05) is 31.2 Å². The summed E-state index contributed by atoms with van der Waals surface area (Å²) in [5.41, 5.74) is 1.97. The molecule has 23 heavy (non-hydrogen) atoms. The Bertz CT molecular complexity index is 593. The summed E-state index contributed by atoms with van der Waals surface area (Å²) in [5, 5.41) is 0.519. The number of ether oxygens (including phenoxy) is 1. The van der Waals surface area contributed by atoms with E-state index in [0.717, 1.165) is 63.2 Å². The third-order valence-corrected chi connectivity index (χ3v) is 7.63. The van der Waals surface area contributed by atoms with Crippen LogP contribution in [-0.2, 0) is 15.5 Å². The Morgan fingerprint density at radius 3 is 2.26 bits per heavy atom. The summed E-state index contributed by atoms with van der Waals surface area (Å²) in [6.45, 7) is 3.35. The van der Waals surface area contributed by atoms with Gasteiger partial charge in [-0.3, -0.25) is 9.00 Å². The van der Waals surface area contributed by atoms with Crippen molar-refractivity contribution in [2.45, 2.75) is 36.2 Å². The molecule has 0 N–H and O–H groups in total. The van der Waals surface area contributed by atoms with Gasteiger partial charge >= 0.3 is 0 Å². The standard InChI is InChI=1S/C18H23NO3S/c20-18(14-11-16-5-6-17(12-14)23(16)21)13-1-3-15(4-2-13)19-7-9-22-10-8-19/h1-4,14,16-17H,5-12H2. The highest BCUT2D eigenvalue weighted by atomic mass is 32.2. The summed E-state index contributed by atoms with van der Waals surface area (Å²) in [7, 11) is -0.690. The van der Waals surface area contributed by atoms with Gasteiger partial charge in [-0.05, 0) is 49.9 Å². The summed E-state index contributed by atoms with van der Waals surface area (Å²) in [4.78, 5) is 15.1. The molecule has 1 aromatic rings. The number of rotatable bonds is 3. The van der Waals surface area contributed by atoms with Gasteiger partial charge in [0.05, 0.1) is 13.2 Å². The predicted octanol–water partition coefficient (Wildman–Crippen LogP) is 2.40. The van der Waals surface area contributed by atoms with E-state index >= 15 is 0 Å². The molecule has 3 saturated heterocycles. The fourth-order valence-electron chi connectivity index (χ4n) is 4.14. The van der Waals surface area contributed by atoms with Crippen LogP contribution in [0.3, 0.4) is 0 Å². The Kier molecular flexibility index (Phi) is 4.24. The molecule has 0 aliphatic carbocycles. The molecule has 2 unspecified atom stereocenters. The van der Waals surface area contributed by atoms with Crippen molar-refractivity contribution in [2.24, 2.45) is 5.92 Å². The van der Waals surface area contributed by atoms with E-state index in [9.17, 15) is 9.00 Å². The van der Waals surface area contributed by atoms with E-state index in [-0.39, 0.29) is 22.2 Å². The molecule has 0 radical (unpaired) electrons. The number of hydrogen-bond acceptors (Lipinski definition) is 4. The van der Waals surface area contributed by atoms with Gasteiger partial charge < -0.3 is 9.64 Å². The van der Waals surface area contributed by atoms with Crippen molar-refractivity contribution < 1.29 is 13.7 Å². The number of benzene rings is 1. The Labute approximate surface area is 139 Å². The van der Waals surface area contributed by atoms with E-state index in [1.807, 2.05) is 24.3 Å². The average Bonchev–Trinajstić information content (AvgIpc) is 2.83.